The van der Waals surface area contributed by atoms with Crippen molar-refractivity contribution in [2.24, 2.45) is 0 Å². The van der Waals surface area contributed by atoms with Crippen molar-refractivity contribution in [3.63, 3.8) is 0 Å². The first-order valence-corrected chi connectivity index (χ1v) is 5.63. The van der Waals surface area contributed by atoms with Gasteiger partial charge in [-0.25, -0.2) is 0 Å². The lowest BCUT2D eigenvalue weighted by molar-refractivity contribution is -0.143. The molecule has 0 saturated heterocycles. The molecule has 0 N–H and O–H groups in total. The number of hydrogen-bond acceptors (Lipinski definition) is 5. The molecular weight excluding hydrogens is 250 g/mol. The molecule has 19 heavy (non-hydrogen) atoms. The fraction of sp³-hybridized carbons (Fsp3) is 0.385. The van der Waals surface area contributed by atoms with Crippen LogP contribution < -0.4 is 9.64 Å². The van der Waals surface area contributed by atoms with Crippen LogP contribution in [0.4, 0.5) is 5.69 Å². The lowest BCUT2D eigenvalue weighted by Gasteiger charge is -2.17. The van der Waals surface area contributed by atoms with Gasteiger partial charge in [-0.2, -0.15) is 0 Å². The van der Waals surface area contributed by atoms with Crippen molar-refractivity contribution in [1.82, 2.24) is 0 Å². The third kappa shape index (κ3) is 4.59. The SMILES string of the molecule is COCOc1ccc(N(C)C(=O)CC(=O)OC)cc1. The number of nitrogens with zero attached hydrogens (tertiary/aromatic N) is 1. The summed E-state index contributed by atoms with van der Waals surface area (Å²) in [5, 5.41) is 0. The van der Waals surface area contributed by atoms with Gasteiger partial charge in [0.05, 0.1) is 7.11 Å². The Morgan fingerprint density at radius 2 is 1.79 bits per heavy atom. The Labute approximate surface area is 111 Å². The Kier molecular flexibility index (Phi) is 5.81. The van der Waals surface area contributed by atoms with Gasteiger partial charge < -0.3 is 19.1 Å². The largest absolute Gasteiger partial charge is 0.469 e. The molecule has 1 aromatic carbocycles. The van der Waals surface area contributed by atoms with Crippen LogP contribution in [0.15, 0.2) is 24.3 Å². The first-order chi connectivity index (χ1) is 9.08. The number of hydrogen-bond donors (Lipinski definition) is 0. The maximum Gasteiger partial charge on any atom is 0.315 e. The fourth-order valence-corrected chi connectivity index (χ4v) is 1.35. The van der Waals surface area contributed by atoms with Gasteiger partial charge in [0.2, 0.25) is 5.91 Å². The number of ether oxygens (including phenoxy) is 3. The molecule has 104 valence electrons. The van der Waals surface area contributed by atoms with Crippen molar-refractivity contribution in [2.45, 2.75) is 6.42 Å². The summed E-state index contributed by atoms with van der Waals surface area (Å²) >= 11 is 0. The Bertz CT molecular complexity index is 429. The Hall–Kier alpha value is -2.08. The molecule has 0 aromatic heterocycles. The van der Waals surface area contributed by atoms with Crippen LogP contribution in [0.5, 0.6) is 5.75 Å². The van der Waals surface area contributed by atoms with E-state index >= 15 is 0 Å². The summed E-state index contributed by atoms with van der Waals surface area (Å²) in [6.07, 6.45) is -0.283. The minimum Gasteiger partial charge on any atom is -0.469 e. The minimum atomic E-state index is -0.558. The summed E-state index contributed by atoms with van der Waals surface area (Å²) in [5.41, 5.74) is 0.665. The van der Waals surface area contributed by atoms with Crippen molar-refractivity contribution in [3.05, 3.63) is 24.3 Å². The molecule has 6 nitrogen and oxygen atoms in total. The molecule has 6 heteroatoms. The minimum absolute atomic E-state index is 0.163. The van der Waals surface area contributed by atoms with Crippen molar-refractivity contribution >= 4 is 17.6 Å². The van der Waals surface area contributed by atoms with Crippen LogP contribution in [-0.2, 0) is 19.1 Å². The molecular formula is C13H17NO5. The van der Waals surface area contributed by atoms with Crippen LogP contribution in [0.3, 0.4) is 0 Å². The van der Waals surface area contributed by atoms with Gasteiger partial charge in [0.1, 0.15) is 12.2 Å². The average molecular weight is 267 g/mol. The highest BCUT2D eigenvalue weighted by Gasteiger charge is 2.15. The molecule has 0 spiro atoms. The molecule has 1 amide bonds. The summed E-state index contributed by atoms with van der Waals surface area (Å²) in [5.74, 6) is -0.256. The van der Waals surface area contributed by atoms with Crippen LogP contribution in [0.2, 0.25) is 0 Å². The Morgan fingerprint density at radius 3 is 2.32 bits per heavy atom. The molecule has 0 aliphatic carbocycles. The summed E-state index contributed by atoms with van der Waals surface area (Å²) in [6.45, 7) is 0.163. The summed E-state index contributed by atoms with van der Waals surface area (Å²) in [6, 6.07) is 6.88. The molecule has 1 rings (SSSR count). The van der Waals surface area contributed by atoms with E-state index in [-0.39, 0.29) is 19.1 Å². The van der Waals surface area contributed by atoms with Gasteiger partial charge in [-0.1, -0.05) is 0 Å². The summed E-state index contributed by atoms with van der Waals surface area (Å²) in [7, 11) is 4.38. The molecule has 0 aliphatic heterocycles. The van der Waals surface area contributed by atoms with Crippen molar-refractivity contribution in [2.75, 3.05) is 33.0 Å². The number of carbonyl (C=O) groups excluding carboxylic acids is 2. The van der Waals surface area contributed by atoms with E-state index in [0.29, 0.717) is 11.4 Å². The van der Waals surface area contributed by atoms with E-state index in [1.54, 1.807) is 31.3 Å². The van der Waals surface area contributed by atoms with Gasteiger partial charge in [-0.05, 0) is 24.3 Å². The molecule has 0 aliphatic rings. The molecule has 0 atom stereocenters. The van der Waals surface area contributed by atoms with Crippen LogP contribution in [0.1, 0.15) is 6.42 Å². The van der Waals surface area contributed by atoms with Gasteiger partial charge in [-0.15, -0.1) is 0 Å². The number of anilines is 1. The van der Waals surface area contributed by atoms with Gasteiger partial charge in [-0.3, -0.25) is 9.59 Å². The molecule has 0 unspecified atom stereocenters. The first-order valence-electron chi connectivity index (χ1n) is 5.63. The average Bonchev–Trinajstić information content (AvgIpc) is 2.44. The lowest BCUT2D eigenvalue weighted by atomic mass is 10.2. The number of benzene rings is 1. The zero-order valence-corrected chi connectivity index (χ0v) is 11.2. The quantitative estimate of drug-likeness (QED) is 0.440. The van der Waals surface area contributed by atoms with Crippen molar-refractivity contribution < 1.29 is 23.8 Å². The maximum absolute atomic E-state index is 11.7. The van der Waals surface area contributed by atoms with Gasteiger partial charge in [0, 0.05) is 19.8 Å². The van der Waals surface area contributed by atoms with Crippen LogP contribution in [0, 0.1) is 0 Å². The number of esters is 1. The first kappa shape index (κ1) is 15.0. The van der Waals surface area contributed by atoms with Gasteiger partial charge in [0.15, 0.2) is 6.79 Å². The number of amides is 1. The predicted octanol–water partition coefficient (Wildman–Crippen LogP) is 1.20. The standard InChI is InChI=1S/C13H17NO5/c1-14(12(15)8-13(16)18-3)10-4-6-11(7-5-10)19-9-17-2/h4-7H,8-9H2,1-3H3. The second-order valence-corrected chi connectivity index (χ2v) is 3.75. The smallest absolute Gasteiger partial charge is 0.315 e. The Balaban J connectivity index is 2.64. The van der Waals surface area contributed by atoms with E-state index in [4.69, 9.17) is 9.47 Å². The summed E-state index contributed by atoms with van der Waals surface area (Å²) < 4.78 is 14.5. The summed E-state index contributed by atoms with van der Waals surface area (Å²) in [4.78, 5) is 24.2. The third-order valence-corrected chi connectivity index (χ3v) is 2.46. The fourth-order valence-electron chi connectivity index (χ4n) is 1.35. The molecule has 0 radical (unpaired) electrons. The van der Waals surface area contributed by atoms with E-state index in [1.165, 1.54) is 19.1 Å². The van der Waals surface area contributed by atoms with Gasteiger partial charge >= 0.3 is 5.97 Å². The number of rotatable bonds is 6. The molecule has 0 saturated carbocycles. The highest BCUT2D eigenvalue weighted by atomic mass is 16.7. The normalized spacial score (nSPS) is 9.84. The Morgan fingerprint density at radius 1 is 1.16 bits per heavy atom. The zero-order valence-electron chi connectivity index (χ0n) is 11.2. The van der Waals surface area contributed by atoms with E-state index in [9.17, 15) is 9.59 Å². The molecule has 1 aromatic rings. The molecule has 0 heterocycles. The highest BCUT2D eigenvalue weighted by Crippen LogP contribution is 2.19. The molecule has 0 bridgehead atoms. The maximum atomic E-state index is 11.7. The van der Waals surface area contributed by atoms with E-state index in [2.05, 4.69) is 4.74 Å². The topological polar surface area (TPSA) is 65.1 Å². The lowest BCUT2D eigenvalue weighted by Crippen LogP contribution is -2.28. The zero-order chi connectivity index (χ0) is 14.3. The number of methoxy groups -OCH3 is 2. The van der Waals surface area contributed by atoms with Crippen molar-refractivity contribution in [1.29, 1.82) is 0 Å². The molecule has 0 fully saturated rings. The van der Waals surface area contributed by atoms with Gasteiger partial charge in [0.25, 0.3) is 0 Å². The van der Waals surface area contributed by atoms with Crippen LogP contribution in [0.25, 0.3) is 0 Å². The van der Waals surface area contributed by atoms with E-state index in [1.807, 2.05) is 0 Å². The monoisotopic (exact) mass is 267 g/mol. The second-order valence-electron chi connectivity index (χ2n) is 3.75. The second kappa shape index (κ2) is 7.38. The predicted molar refractivity (Wildman–Crippen MR) is 69.0 cm³/mol. The van der Waals surface area contributed by atoms with Crippen molar-refractivity contribution in [3.8, 4) is 5.75 Å². The third-order valence-electron chi connectivity index (χ3n) is 2.46. The number of carbonyl (C=O) groups is 2. The van der Waals surface area contributed by atoms with E-state index in [0.717, 1.165) is 0 Å². The van der Waals surface area contributed by atoms with Crippen LogP contribution in [-0.4, -0.2) is 39.9 Å². The van der Waals surface area contributed by atoms with Crippen LogP contribution >= 0.6 is 0 Å². The highest BCUT2D eigenvalue weighted by molar-refractivity contribution is 6.03. The van der Waals surface area contributed by atoms with E-state index < -0.39 is 5.97 Å².